The average Bonchev–Trinajstić information content (AvgIpc) is 2.89. The Kier molecular flexibility index (Phi) is 6.33. The monoisotopic (exact) mass is 342 g/mol. The first kappa shape index (κ1) is 18.7. The van der Waals surface area contributed by atoms with Gasteiger partial charge in [0.1, 0.15) is 6.04 Å². The van der Waals surface area contributed by atoms with Gasteiger partial charge in [0.25, 0.3) is 0 Å². The molecule has 0 spiro atoms. The zero-order valence-corrected chi connectivity index (χ0v) is 15.2. The quantitative estimate of drug-likeness (QED) is 0.723. The lowest BCUT2D eigenvalue weighted by Crippen LogP contribution is -2.40. The second kappa shape index (κ2) is 8.46. The summed E-state index contributed by atoms with van der Waals surface area (Å²) in [5, 5.41) is 12.8. The third kappa shape index (κ3) is 5.17. The fourth-order valence-corrected chi connectivity index (χ4v) is 2.65. The van der Waals surface area contributed by atoms with Crippen molar-refractivity contribution in [1.29, 1.82) is 0 Å². The van der Waals surface area contributed by atoms with Gasteiger partial charge in [-0.2, -0.15) is 5.10 Å². The van der Waals surface area contributed by atoms with Gasteiger partial charge in [0, 0.05) is 24.2 Å². The fourth-order valence-electron chi connectivity index (χ4n) is 2.65. The van der Waals surface area contributed by atoms with Crippen molar-refractivity contribution in [3.8, 4) is 0 Å². The van der Waals surface area contributed by atoms with Crippen LogP contribution in [0.1, 0.15) is 48.8 Å². The predicted molar refractivity (Wildman–Crippen MR) is 96.7 cm³/mol. The molecule has 1 atom stereocenters. The molecule has 0 saturated carbocycles. The molecule has 2 aromatic rings. The molecule has 0 bridgehead atoms. The van der Waals surface area contributed by atoms with Gasteiger partial charge in [-0.05, 0) is 25.3 Å². The lowest BCUT2D eigenvalue weighted by Gasteiger charge is -2.19. The second-order valence-corrected chi connectivity index (χ2v) is 6.64. The minimum absolute atomic E-state index is 0.130. The number of amides is 2. The SMILES string of the molecule is Cc1n[nH]c(C)c1CNC(=O)[C@H](NC(=O)CC(C)C)c1ccccc1. The fraction of sp³-hybridized carbons (Fsp3) is 0.421. The number of carbonyl (C=O) groups excluding carboxylic acids is 2. The van der Waals surface area contributed by atoms with Crippen LogP contribution in [0, 0.1) is 19.8 Å². The van der Waals surface area contributed by atoms with Crippen molar-refractivity contribution in [1.82, 2.24) is 20.8 Å². The van der Waals surface area contributed by atoms with Gasteiger partial charge >= 0.3 is 0 Å². The molecule has 0 unspecified atom stereocenters. The van der Waals surface area contributed by atoms with Crippen molar-refractivity contribution in [3.63, 3.8) is 0 Å². The van der Waals surface area contributed by atoms with Crippen molar-refractivity contribution in [3.05, 3.63) is 52.8 Å². The summed E-state index contributed by atoms with van der Waals surface area (Å²) in [6, 6.07) is 8.57. The van der Waals surface area contributed by atoms with Crippen molar-refractivity contribution >= 4 is 11.8 Å². The molecule has 2 rings (SSSR count). The zero-order valence-electron chi connectivity index (χ0n) is 15.2. The largest absolute Gasteiger partial charge is 0.350 e. The minimum atomic E-state index is -0.708. The molecule has 0 radical (unpaired) electrons. The Hall–Kier alpha value is -2.63. The van der Waals surface area contributed by atoms with Gasteiger partial charge in [-0.1, -0.05) is 44.2 Å². The van der Waals surface area contributed by atoms with E-state index in [4.69, 9.17) is 0 Å². The first-order valence-electron chi connectivity index (χ1n) is 8.51. The molecule has 134 valence electrons. The first-order chi connectivity index (χ1) is 11.9. The maximum absolute atomic E-state index is 12.7. The smallest absolute Gasteiger partial charge is 0.247 e. The van der Waals surface area contributed by atoms with Gasteiger partial charge in [0.15, 0.2) is 0 Å². The van der Waals surface area contributed by atoms with E-state index in [1.54, 1.807) is 0 Å². The summed E-state index contributed by atoms with van der Waals surface area (Å²) < 4.78 is 0. The van der Waals surface area contributed by atoms with Crippen molar-refractivity contribution in [2.75, 3.05) is 0 Å². The number of nitrogens with one attached hydrogen (secondary N) is 3. The van der Waals surface area contributed by atoms with E-state index in [1.807, 2.05) is 58.0 Å². The van der Waals surface area contributed by atoms with Crippen LogP contribution >= 0.6 is 0 Å². The van der Waals surface area contributed by atoms with E-state index in [0.717, 1.165) is 22.5 Å². The van der Waals surface area contributed by atoms with Crippen molar-refractivity contribution < 1.29 is 9.59 Å². The number of benzene rings is 1. The summed E-state index contributed by atoms with van der Waals surface area (Å²) in [5.74, 6) is -0.131. The average molecular weight is 342 g/mol. The summed E-state index contributed by atoms with van der Waals surface area (Å²) in [4.78, 5) is 24.9. The van der Waals surface area contributed by atoms with E-state index < -0.39 is 6.04 Å². The Balaban J connectivity index is 2.11. The molecule has 0 saturated heterocycles. The standard InChI is InChI=1S/C19H26N4O2/c1-12(2)10-17(24)21-18(15-8-6-5-7-9-15)19(25)20-11-16-13(3)22-23-14(16)4/h5-9,12,18H,10-11H2,1-4H3,(H,20,25)(H,21,24)(H,22,23)/t18-/m1/s1. The number of hydrogen-bond donors (Lipinski definition) is 3. The molecule has 0 fully saturated rings. The number of nitrogens with zero attached hydrogens (tertiary/aromatic N) is 1. The number of carbonyl (C=O) groups is 2. The maximum Gasteiger partial charge on any atom is 0.247 e. The molecular weight excluding hydrogens is 316 g/mol. The number of aryl methyl sites for hydroxylation is 2. The maximum atomic E-state index is 12.7. The first-order valence-corrected chi connectivity index (χ1v) is 8.51. The van der Waals surface area contributed by atoms with Crippen LogP contribution < -0.4 is 10.6 Å². The molecule has 3 N–H and O–H groups in total. The molecular formula is C19H26N4O2. The van der Waals surface area contributed by atoms with E-state index in [1.165, 1.54) is 0 Å². The highest BCUT2D eigenvalue weighted by molar-refractivity contribution is 5.88. The minimum Gasteiger partial charge on any atom is -0.350 e. The van der Waals surface area contributed by atoms with Crippen LogP contribution in [0.25, 0.3) is 0 Å². The molecule has 6 heteroatoms. The van der Waals surface area contributed by atoms with E-state index in [9.17, 15) is 9.59 Å². The van der Waals surface area contributed by atoms with Gasteiger partial charge in [0.05, 0.1) is 5.69 Å². The van der Waals surface area contributed by atoms with Crippen LogP contribution in [0.2, 0.25) is 0 Å². The van der Waals surface area contributed by atoms with Gasteiger partial charge in [-0.3, -0.25) is 14.7 Å². The van der Waals surface area contributed by atoms with Gasteiger partial charge in [0.2, 0.25) is 11.8 Å². The van der Waals surface area contributed by atoms with Gasteiger partial charge < -0.3 is 10.6 Å². The number of rotatable bonds is 7. The molecule has 1 aromatic heterocycles. The summed E-state index contributed by atoms with van der Waals surface area (Å²) in [6.07, 6.45) is 0.385. The molecule has 6 nitrogen and oxygen atoms in total. The normalized spacial score (nSPS) is 12.0. The molecule has 0 aliphatic carbocycles. The van der Waals surface area contributed by atoms with E-state index in [-0.39, 0.29) is 17.7 Å². The number of H-pyrrole nitrogens is 1. The van der Waals surface area contributed by atoms with Crippen LogP contribution in [0.15, 0.2) is 30.3 Å². The van der Waals surface area contributed by atoms with Crippen LogP contribution in [0.5, 0.6) is 0 Å². The van der Waals surface area contributed by atoms with Crippen LogP contribution in [-0.2, 0) is 16.1 Å². The van der Waals surface area contributed by atoms with E-state index >= 15 is 0 Å². The lowest BCUT2D eigenvalue weighted by atomic mass is 10.0. The Morgan fingerprint density at radius 1 is 1.16 bits per heavy atom. The molecule has 25 heavy (non-hydrogen) atoms. The third-order valence-corrected chi connectivity index (χ3v) is 4.01. The number of hydrogen-bond acceptors (Lipinski definition) is 3. The third-order valence-electron chi connectivity index (χ3n) is 4.01. The number of aromatic amines is 1. The molecule has 0 aliphatic rings. The highest BCUT2D eigenvalue weighted by Crippen LogP contribution is 2.15. The van der Waals surface area contributed by atoms with Crippen LogP contribution in [0.3, 0.4) is 0 Å². The highest BCUT2D eigenvalue weighted by atomic mass is 16.2. The molecule has 0 aliphatic heterocycles. The summed E-state index contributed by atoms with van der Waals surface area (Å²) in [5.41, 5.74) is 3.52. The highest BCUT2D eigenvalue weighted by Gasteiger charge is 2.23. The van der Waals surface area contributed by atoms with Gasteiger partial charge in [-0.15, -0.1) is 0 Å². The van der Waals surface area contributed by atoms with Crippen molar-refractivity contribution in [2.45, 2.75) is 46.7 Å². The van der Waals surface area contributed by atoms with Crippen molar-refractivity contribution in [2.24, 2.45) is 5.92 Å². The second-order valence-electron chi connectivity index (χ2n) is 6.64. The molecule has 1 heterocycles. The Morgan fingerprint density at radius 3 is 2.40 bits per heavy atom. The van der Waals surface area contributed by atoms with E-state index in [2.05, 4.69) is 20.8 Å². The zero-order chi connectivity index (χ0) is 18.4. The summed E-state index contributed by atoms with van der Waals surface area (Å²) in [6.45, 7) is 8.13. The Morgan fingerprint density at radius 2 is 1.84 bits per heavy atom. The van der Waals surface area contributed by atoms with Gasteiger partial charge in [-0.25, -0.2) is 0 Å². The van der Waals surface area contributed by atoms with Crippen LogP contribution in [0.4, 0.5) is 0 Å². The Bertz CT molecular complexity index is 703. The number of aromatic nitrogens is 2. The summed E-state index contributed by atoms with van der Waals surface area (Å²) in [7, 11) is 0. The Labute approximate surface area is 148 Å². The lowest BCUT2D eigenvalue weighted by molar-refractivity contribution is -0.129. The summed E-state index contributed by atoms with van der Waals surface area (Å²) >= 11 is 0. The predicted octanol–water partition coefficient (Wildman–Crippen LogP) is 2.55. The molecule has 1 aromatic carbocycles. The van der Waals surface area contributed by atoms with E-state index in [0.29, 0.717) is 13.0 Å². The van der Waals surface area contributed by atoms with Crippen LogP contribution in [-0.4, -0.2) is 22.0 Å². The topological polar surface area (TPSA) is 86.9 Å². The molecule has 2 amide bonds.